The van der Waals surface area contributed by atoms with E-state index in [0.29, 0.717) is 35.5 Å². The average Bonchev–Trinajstić information content (AvgIpc) is 3.32. The molecule has 0 fully saturated rings. The first-order valence-corrected chi connectivity index (χ1v) is 12.2. The Morgan fingerprint density at radius 2 is 1.91 bits per heavy atom. The van der Waals surface area contributed by atoms with E-state index in [2.05, 4.69) is 0 Å². The van der Waals surface area contributed by atoms with E-state index in [1.54, 1.807) is 12.1 Å². The zero-order valence-corrected chi connectivity index (χ0v) is 19.2. The molecule has 0 spiro atoms. The minimum atomic E-state index is -3.89. The molecule has 0 radical (unpaired) electrons. The Morgan fingerprint density at radius 1 is 1.09 bits per heavy atom. The van der Waals surface area contributed by atoms with Crippen molar-refractivity contribution in [2.45, 2.75) is 24.5 Å². The van der Waals surface area contributed by atoms with Gasteiger partial charge in [-0.25, -0.2) is 13.2 Å². The monoisotopic (exact) mass is 496 g/mol. The number of esters is 1. The second kappa shape index (κ2) is 9.01. The van der Waals surface area contributed by atoms with Gasteiger partial charge in [0.25, 0.3) is 15.7 Å². The number of carbonyl (C=O) groups excluding carboxylic acids is 1. The Bertz CT molecular complexity index is 1440. The molecule has 0 N–H and O–H groups in total. The van der Waals surface area contributed by atoms with Crippen molar-refractivity contribution in [2.75, 3.05) is 17.6 Å². The highest BCUT2D eigenvalue weighted by Crippen LogP contribution is 2.34. The Hall–Kier alpha value is -3.96. The van der Waals surface area contributed by atoms with Crippen LogP contribution in [0.15, 0.2) is 65.6 Å². The Kier molecular flexibility index (Phi) is 5.87. The highest BCUT2D eigenvalue weighted by atomic mass is 32.2. The van der Waals surface area contributed by atoms with E-state index in [9.17, 15) is 23.3 Å². The first-order chi connectivity index (χ1) is 16.8. The molecule has 0 amide bonds. The minimum absolute atomic E-state index is 0.0225. The summed E-state index contributed by atoms with van der Waals surface area (Å²) in [4.78, 5) is 23.5. The molecule has 2 heterocycles. The number of para-hydroxylation sites is 1. The van der Waals surface area contributed by atoms with E-state index in [4.69, 9.17) is 14.2 Å². The highest BCUT2D eigenvalue weighted by Gasteiger charge is 2.31. The zero-order valence-electron chi connectivity index (χ0n) is 18.4. The number of nitrogens with zero attached hydrogens (tertiary/aromatic N) is 2. The summed E-state index contributed by atoms with van der Waals surface area (Å²) in [5.74, 6) is -0.394. The number of nitro benzene ring substituents is 1. The van der Waals surface area contributed by atoms with Crippen LogP contribution in [-0.4, -0.2) is 32.6 Å². The number of nitro groups is 1. The minimum Gasteiger partial charge on any atom is -0.467 e. The molecule has 0 atom stereocenters. The van der Waals surface area contributed by atoms with E-state index < -0.39 is 20.9 Å². The van der Waals surface area contributed by atoms with E-state index in [1.807, 2.05) is 12.1 Å². The molecule has 180 valence electrons. The summed E-state index contributed by atoms with van der Waals surface area (Å²) < 4.78 is 43.9. The van der Waals surface area contributed by atoms with Crippen molar-refractivity contribution < 1.29 is 32.3 Å². The van der Waals surface area contributed by atoms with Gasteiger partial charge in [0, 0.05) is 29.8 Å². The number of carbonyl (C=O) groups is 1. The molecule has 0 unspecified atom stereocenters. The molecule has 35 heavy (non-hydrogen) atoms. The third-order valence-electron chi connectivity index (χ3n) is 5.84. The van der Waals surface area contributed by atoms with Gasteiger partial charge < -0.3 is 14.2 Å². The maximum atomic E-state index is 13.3. The van der Waals surface area contributed by atoms with Gasteiger partial charge in [-0.3, -0.25) is 14.4 Å². The number of non-ortho nitro benzene ring substituents is 1. The number of fused-ring (bicyclic) bond motifs is 2. The fourth-order valence-electron chi connectivity index (χ4n) is 4.19. The number of sulfonamides is 1. The van der Waals surface area contributed by atoms with Crippen LogP contribution in [0.1, 0.15) is 27.0 Å². The lowest BCUT2D eigenvalue weighted by molar-refractivity contribution is -0.385. The molecule has 2 aliphatic heterocycles. The first-order valence-electron chi connectivity index (χ1n) is 10.7. The van der Waals surface area contributed by atoms with E-state index in [-0.39, 0.29) is 36.2 Å². The SMILES string of the molecule is O=C(OCc1cc([N+](=O)[O-])cc2c1OCOC2)c1cccc(S(=O)(=O)N2CCc3ccccc32)c1. The number of anilines is 1. The lowest BCUT2D eigenvalue weighted by Gasteiger charge is -2.20. The van der Waals surface area contributed by atoms with Crippen molar-refractivity contribution in [2.24, 2.45) is 0 Å². The fourth-order valence-corrected chi connectivity index (χ4v) is 5.74. The number of hydrogen-bond donors (Lipinski definition) is 0. The van der Waals surface area contributed by atoms with Crippen LogP contribution in [0, 0.1) is 10.1 Å². The van der Waals surface area contributed by atoms with Crippen LogP contribution in [0.25, 0.3) is 0 Å². The largest absolute Gasteiger partial charge is 0.467 e. The third-order valence-corrected chi connectivity index (χ3v) is 7.65. The van der Waals surface area contributed by atoms with E-state index >= 15 is 0 Å². The van der Waals surface area contributed by atoms with Crippen molar-refractivity contribution in [3.8, 4) is 5.75 Å². The predicted molar refractivity (Wildman–Crippen MR) is 124 cm³/mol. The summed E-state index contributed by atoms with van der Waals surface area (Å²) in [6.07, 6.45) is 0.609. The summed E-state index contributed by atoms with van der Waals surface area (Å²) >= 11 is 0. The maximum absolute atomic E-state index is 13.3. The summed E-state index contributed by atoms with van der Waals surface area (Å²) in [7, 11) is -3.89. The van der Waals surface area contributed by atoms with Gasteiger partial charge in [0.15, 0.2) is 6.79 Å². The number of benzene rings is 3. The van der Waals surface area contributed by atoms with Crippen LogP contribution in [0.5, 0.6) is 5.75 Å². The predicted octanol–water partition coefficient (Wildman–Crippen LogP) is 3.57. The normalized spacial score (nSPS) is 14.6. The lowest BCUT2D eigenvalue weighted by atomic mass is 10.1. The van der Waals surface area contributed by atoms with Crippen LogP contribution >= 0.6 is 0 Å². The number of ether oxygens (including phenoxy) is 3. The molecule has 5 rings (SSSR count). The molecule has 10 nitrogen and oxygen atoms in total. The number of hydrogen-bond acceptors (Lipinski definition) is 8. The van der Waals surface area contributed by atoms with Gasteiger partial charge >= 0.3 is 5.97 Å². The van der Waals surface area contributed by atoms with Crippen LogP contribution in [-0.2, 0) is 39.1 Å². The summed E-state index contributed by atoms with van der Waals surface area (Å²) in [5.41, 5.74) is 2.24. The molecule has 0 bridgehead atoms. The fraction of sp³-hybridized carbons (Fsp3) is 0.208. The smallest absolute Gasteiger partial charge is 0.338 e. The zero-order chi connectivity index (χ0) is 24.6. The molecule has 11 heteroatoms. The molecule has 3 aromatic carbocycles. The number of rotatable bonds is 6. The van der Waals surface area contributed by atoms with Crippen molar-refractivity contribution in [3.63, 3.8) is 0 Å². The quantitative estimate of drug-likeness (QED) is 0.288. The third kappa shape index (κ3) is 4.31. The van der Waals surface area contributed by atoms with Gasteiger partial charge in [-0.2, -0.15) is 0 Å². The Balaban J connectivity index is 1.37. The standard InChI is InChI=1S/C24H20N2O8S/c27-24(33-14-19-11-20(26(28)29)10-18-13-32-15-34-23(18)19)17-5-3-6-21(12-17)35(30,31)25-9-8-16-4-1-2-7-22(16)25/h1-7,10-12H,8-9,13-15H2. The Labute approximate surface area is 200 Å². The van der Waals surface area contributed by atoms with Crippen molar-refractivity contribution in [1.82, 2.24) is 0 Å². The summed E-state index contributed by atoms with van der Waals surface area (Å²) in [6, 6.07) is 15.5. The summed E-state index contributed by atoms with van der Waals surface area (Å²) in [6.45, 7) is 0.139. The van der Waals surface area contributed by atoms with Crippen LogP contribution in [0.2, 0.25) is 0 Å². The highest BCUT2D eigenvalue weighted by molar-refractivity contribution is 7.92. The van der Waals surface area contributed by atoms with Gasteiger partial charge in [0.05, 0.1) is 27.7 Å². The maximum Gasteiger partial charge on any atom is 0.338 e. The lowest BCUT2D eigenvalue weighted by Crippen LogP contribution is -2.29. The molecule has 0 aliphatic carbocycles. The first kappa shape index (κ1) is 22.8. The van der Waals surface area contributed by atoms with Crippen molar-refractivity contribution in [1.29, 1.82) is 0 Å². The molecular weight excluding hydrogens is 476 g/mol. The van der Waals surface area contributed by atoms with Gasteiger partial charge in [0.1, 0.15) is 12.4 Å². The van der Waals surface area contributed by atoms with Gasteiger partial charge in [0.2, 0.25) is 0 Å². The van der Waals surface area contributed by atoms with Gasteiger partial charge in [-0.15, -0.1) is 0 Å². The molecule has 0 saturated carbocycles. The second-order valence-electron chi connectivity index (χ2n) is 8.02. The topological polar surface area (TPSA) is 125 Å². The van der Waals surface area contributed by atoms with Crippen LogP contribution in [0.4, 0.5) is 11.4 Å². The van der Waals surface area contributed by atoms with Crippen LogP contribution in [0.3, 0.4) is 0 Å². The van der Waals surface area contributed by atoms with Gasteiger partial charge in [-0.05, 0) is 36.2 Å². The molecule has 2 aliphatic rings. The molecular formula is C24H20N2O8S. The summed E-state index contributed by atoms with van der Waals surface area (Å²) in [5, 5.41) is 11.3. The second-order valence-corrected chi connectivity index (χ2v) is 9.88. The molecule has 0 aromatic heterocycles. The average molecular weight is 496 g/mol. The molecule has 3 aromatic rings. The van der Waals surface area contributed by atoms with Crippen molar-refractivity contribution >= 4 is 27.4 Å². The van der Waals surface area contributed by atoms with Gasteiger partial charge in [-0.1, -0.05) is 24.3 Å². The van der Waals surface area contributed by atoms with Crippen LogP contribution < -0.4 is 9.04 Å². The molecule has 0 saturated heterocycles. The van der Waals surface area contributed by atoms with E-state index in [0.717, 1.165) is 5.56 Å². The van der Waals surface area contributed by atoms with E-state index in [1.165, 1.54) is 40.7 Å². The Morgan fingerprint density at radius 3 is 2.74 bits per heavy atom. The van der Waals surface area contributed by atoms with Crippen molar-refractivity contribution in [3.05, 3.63) is 93.0 Å².